The Bertz CT molecular complexity index is 499. The Hall–Kier alpha value is -1.86. The van der Waals surface area contributed by atoms with E-state index in [1.807, 2.05) is 6.07 Å². The summed E-state index contributed by atoms with van der Waals surface area (Å²) in [6.45, 7) is 0.310. The molecule has 1 aliphatic rings. The minimum atomic E-state index is -0.0836. The van der Waals surface area contributed by atoms with Crippen LogP contribution in [0.25, 0.3) is 0 Å². The van der Waals surface area contributed by atoms with Crippen molar-refractivity contribution in [2.24, 2.45) is 0 Å². The van der Waals surface area contributed by atoms with Gasteiger partial charge in [0.2, 0.25) is 5.91 Å². The van der Waals surface area contributed by atoms with Crippen molar-refractivity contribution >= 4 is 11.6 Å². The van der Waals surface area contributed by atoms with Gasteiger partial charge in [-0.05, 0) is 25.0 Å². The molecule has 1 aliphatic carbocycles. The van der Waals surface area contributed by atoms with Crippen molar-refractivity contribution in [2.75, 3.05) is 11.9 Å². The van der Waals surface area contributed by atoms with Gasteiger partial charge in [0.05, 0.1) is 17.8 Å². The van der Waals surface area contributed by atoms with E-state index in [0.29, 0.717) is 23.8 Å². The second-order valence-corrected chi connectivity index (χ2v) is 5.63. The largest absolute Gasteiger partial charge is 0.324 e. The van der Waals surface area contributed by atoms with E-state index in [1.54, 1.807) is 18.2 Å². The molecule has 0 atom stereocenters. The zero-order valence-electron chi connectivity index (χ0n) is 12.4. The Balaban J connectivity index is 1.80. The van der Waals surface area contributed by atoms with Crippen molar-refractivity contribution in [3.8, 4) is 6.07 Å². The summed E-state index contributed by atoms with van der Waals surface area (Å²) in [5, 5.41) is 15.2. The van der Waals surface area contributed by atoms with E-state index in [0.717, 1.165) is 12.8 Å². The Kier molecular flexibility index (Phi) is 6.23. The van der Waals surface area contributed by atoms with Crippen LogP contribution >= 0.6 is 0 Å². The van der Waals surface area contributed by atoms with Crippen molar-refractivity contribution in [1.82, 2.24) is 5.32 Å². The van der Waals surface area contributed by atoms with Gasteiger partial charge in [-0.1, -0.05) is 44.2 Å². The third kappa shape index (κ3) is 5.20. The standard InChI is InChI=1S/C17H23N3O/c18-12-14-8-6-7-11-16(14)20-17(21)13-19-15-9-4-2-1-3-5-10-15/h6-8,11,15,19H,1-5,9-10,13H2,(H,20,21). The molecule has 1 aromatic carbocycles. The molecule has 0 bridgehead atoms. The van der Waals surface area contributed by atoms with Gasteiger partial charge in [0, 0.05) is 6.04 Å². The van der Waals surface area contributed by atoms with E-state index in [2.05, 4.69) is 16.7 Å². The molecule has 1 saturated carbocycles. The number of hydrogen-bond acceptors (Lipinski definition) is 3. The SMILES string of the molecule is N#Cc1ccccc1NC(=O)CNC1CCCCCCC1. The lowest BCUT2D eigenvalue weighted by molar-refractivity contribution is -0.115. The molecule has 21 heavy (non-hydrogen) atoms. The minimum absolute atomic E-state index is 0.0836. The van der Waals surface area contributed by atoms with Crippen LogP contribution in [0.1, 0.15) is 50.5 Å². The number of para-hydroxylation sites is 1. The highest BCUT2D eigenvalue weighted by atomic mass is 16.1. The van der Waals surface area contributed by atoms with Crippen LogP contribution in [0.4, 0.5) is 5.69 Å². The molecule has 1 amide bonds. The van der Waals surface area contributed by atoms with E-state index in [-0.39, 0.29) is 5.91 Å². The third-order valence-corrected chi connectivity index (χ3v) is 3.98. The number of hydrogen-bond donors (Lipinski definition) is 2. The van der Waals surface area contributed by atoms with Gasteiger partial charge in [-0.3, -0.25) is 4.79 Å². The van der Waals surface area contributed by atoms with Gasteiger partial charge in [-0.2, -0.15) is 5.26 Å². The molecule has 0 aromatic heterocycles. The van der Waals surface area contributed by atoms with E-state index in [9.17, 15) is 4.79 Å². The summed E-state index contributed by atoms with van der Waals surface area (Å²) in [6, 6.07) is 9.61. The van der Waals surface area contributed by atoms with Crippen molar-refractivity contribution in [1.29, 1.82) is 5.26 Å². The molecule has 0 unspecified atom stereocenters. The predicted octanol–water partition coefficient (Wildman–Crippen LogP) is 3.20. The van der Waals surface area contributed by atoms with Gasteiger partial charge in [0.25, 0.3) is 0 Å². The zero-order chi connectivity index (χ0) is 14.9. The number of rotatable bonds is 4. The van der Waals surface area contributed by atoms with Gasteiger partial charge in [-0.15, -0.1) is 0 Å². The van der Waals surface area contributed by atoms with Crippen LogP contribution < -0.4 is 10.6 Å². The summed E-state index contributed by atoms with van der Waals surface area (Å²) in [6.07, 6.45) is 8.76. The Labute approximate surface area is 126 Å². The number of nitrogens with one attached hydrogen (secondary N) is 2. The lowest BCUT2D eigenvalue weighted by Gasteiger charge is -2.20. The maximum atomic E-state index is 12.0. The first-order chi connectivity index (χ1) is 10.3. The van der Waals surface area contributed by atoms with Crippen LogP contribution in [0.2, 0.25) is 0 Å². The molecule has 4 nitrogen and oxygen atoms in total. The van der Waals surface area contributed by atoms with Crippen LogP contribution in [-0.4, -0.2) is 18.5 Å². The molecule has 0 spiro atoms. The molecule has 2 N–H and O–H groups in total. The lowest BCUT2D eigenvalue weighted by atomic mass is 9.97. The Morgan fingerprint density at radius 1 is 1.14 bits per heavy atom. The average molecular weight is 285 g/mol. The first-order valence-electron chi connectivity index (χ1n) is 7.82. The van der Waals surface area contributed by atoms with Crippen molar-refractivity contribution in [2.45, 2.75) is 51.0 Å². The van der Waals surface area contributed by atoms with E-state index in [1.165, 1.54) is 32.1 Å². The fourth-order valence-electron chi connectivity index (χ4n) is 2.78. The molecular weight excluding hydrogens is 262 g/mol. The summed E-state index contributed by atoms with van der Waals surface area (Å²) >= 11 is 0. The molecule has 4 heteroatoms. The van der Waals surface area contributed by atoms with Crippen LogP contribution in [0.15, 0.2) is 24.3 Å². The normalized spacial score (nSPS) is 16.5. The summed E-state index contributed by atoms with van der Waals surface area (Å²) in [4.78, 5) is 12.0. The molecule has 112 valence electrons. The Morgan fingerprint density at radius 3 is 2.52 bits per heavy atom. The maximum absolute atomic E-state index is 12.0. The van der Waals surface area contributed by atoms with Gasteiger partial charge >= 0.3 is 0 Å². The highest BCUT2D eigenvalue weighted by Gasteiger charge is 2.13. The Morgan fingerprint density at radius 2 is 1.81 bits per heavy atom. The molecule has 1 aromatic rings. The van der Waals surface area contributed by atoms with Gasteiger partial charge in [-0.25, -0.2) is 0 Å². The summed E-state index contributed by atoms with van der Waals surface area (Å²) in [5.41, 5.74) is 1.08. The summed E-state index contributed by atoms with van der Waals surface area (Å²) in [7, 11) is 0. The second-order valence-electron chi connectivity index (χ2n) is 5.63. The summed E-state index contributed by atoms with van der Waals surface area (Å²) in [5.74, 6) is -0.0836. The number of nitriles is 1. The number of carbonyl (C=O) groups is 1. The molecule has 0 saturated heterocycles. The number of amides is 1. The fraction of sp³-hybridized carbons (Fsp3) is 0.529. The first kappa shape index (κ1) is 15.5. The van der Waals surface area contributed by atoms with Crippen molar-refractivity contribution in [3.63, 3.8) is 0 Å². The maximum Gasteiger partial charge on any atom is 0.238 e. The molecule has 1 fully saturated rings. The number of nitrogens with zero attached hydrogens (tertiary/aromatic N) is 1. The quantitative estimate of drug-likeness (QED) is 0.893. The number of benzene rings is 1. The summed E-state index contributed by atoms with van der Waals surface area (Å²) < 4.78 is 0. The highest BCUT2D eigenvalue weighted by molar-refractivity contribution is 5.93. The smallest absolute Gasteiger partial charge is 0.238 e. The van der Waals surface area contributed by atoms with Crippen LogP contribution in [0.5, 0.6) is 0 Å². The molecule has 2 rings (SSSR count). The topological polar surface area (TPSA) is 64.9 Å². The first-order valence-corrected chi connectivity index (χ1v) is 7.82. The molecule has 0 radical (unpaired) electrons. The number of anilines is 1. The second kappa shape index (κ2) is 8.43. The van der Waals surface area contributed by atoms with E-state index in [4.69, 9.17) is 5.26 Å². The fourth-order valence-corrected chi connectivity index (χ4v) is 2.78. The third-order valence-electron chi connectivity index (χ3n) is 3.98. The van der Waals surface area contributed by atoms with E-state index < -0.39 is 0 Å². The van der Waals surface area contributed by atoms with Crippen LogP contribution in [0.3, 0.4) is 0 Å². The molecule has 0 aliphatic heterocycles. The van der Waals surface area contributed by atoms with Gasteiger partial charge in [0.15, 0.2) is 0 Å². The zero-order valence-corrected chi connectivity index (χ0v) is 12.4. The van der Waals surface area contributed by atoms with Gasteiger partial charge in [0.1, 0.15) is 6.07 Å². The highest BCUT2D eigenvalue weighted by Crippen LogP contribution is 2.17. The average Bonchev–Trinajstić information content (AvgIpc) is 2.46. The lowest BCUT2D eigenvalue weighted by Crippen LogP contribution is -2.36. The van der Waals surface area contributed by atoms with Crippen molar-refractivity contribution in [3.05, 3.63) is 29.8 Å². The molecule has 0 heterocycles. The molecular formula is C17H23N3O. The van der Waals surface area contributed by atoms with Crippen molar-refractivity contribution < 1.29 is 4.79 Å². The van der Waals surface area contributed by atoms with Gasteiger partial charge < -0.3 is 10.6 Å². The minimum Gasteiger partial charge on any atom is -0.324 e. The van der Waals surface area contributed by atoms with E-state index >= 15 is 0 Å². The van der Waals surface area contributed by atoms with Crippen LogP contribution in [0, 0.1) is 11.3 Å². The van der Waals surface area contributed by atoms with Crippen LogP contribution in [-0.2, 0) is 4.79 Å². The monoisotopic (exact) mass is 285 g/mol. The predicted molar refractivity (Wildman–Crippen MR) is 83.9 cm³/mol. The number of carbonyl (C=O) groups excluding carboxylic acids is 1.